The molecule has 0 aliphatic carbocycles. The van der Waals surface area contributed by atoms with E-state index in [9.17, 15) is 4.79 Å². The third kappa shape index (κ3) is 7.17. The first-order chi connectivity index (χ1) is 5.72. The molecule has 0 radical (unpaired) electrons. The van der Waals surface area contributed by atoms with Crippen molar-refractivity contribution in [3.05, 3.63) is 0 Å². The van der Waals surface area contributed by atoms with Gasteiger partial charge in [0.1, 0.15) is 6.04 Å². The molecule has 0 aliphatic heterocycles. The second-order valence-electron chi connectivity index (χ2n) is 4.00. The normalized spacial score (nSPS) is 14.5. The molecule has 0 bridgehead atoms. The molecule has 3 nitrogen and oxygen atoms in total. The van der Waals surface area contributed by atoms with Crippen LogP contribution in [0.2, 0.25) is 0 Å². The summed E-state index contributed by atoms with van der Waals surface area (Å²) in [5.74, 6) is -0.429. The van der Waals surface area contributed by atoms with Crippen LogP contribution in [-0.2, 0) is 16.6 Å². The van der Waals surface area contributed by atoms with Gasteiger partial charge in [-0.25, -0.2) is 0 Å². The van der Waals surface area contributed by atoms with E-state index < -0.39 is 18.2 Å². The minimum absolute atomic E-state index is 0.371. The van der Waals surface area contributed by atoms with Crippen LogP contribution in [0.4, 0.5) is 0 Å². The van der Waals surface area contributed by atoms with Gasteiger partial charge in [0.2, 0.25) is 0 Å². The summed E-state index contributed by atoms with van der Waals surface area (Å²) in [5.41, 5.74) is 0. The lowest BCUT2D eigenvalue weighted by Gasteiger charge is -2.21. The van der Waals surface area contributed by atoms with E-state index in [4.69, 9.17) is 16.9 Å². The molecule has 13 heavy (non-hydrogen) atoms. The van der Waals surface area contributed by atoms with Gasteiger partial charge in [0, 0.05) is 6.19 Å². The molecule has 2 N–H and O–H groups in total. The smallest absolute Gasteiger partial charge is 0.321 e. The number of nitrogens with one attached hydrogen (secondary N) is 1. The zero-order valence-electron chi connectivity index (χ0n) is 8.57. The third-order valence-electron chi connectivity index (χ3n) is 1.47. The van der Waals surface area contributed by atoms with E-state index in [2.05, 4.69) is 5.09 Å². The van der Waals surface area contributed by atoms with Gasteiger partial charge in [-0.15, -0.1) is 0 Å². The van der Waals surface area contributed by atoms with E-state index in [1.165, 1.54) is 0 Å². The summed E-state index contributed by atoms with van der Waals surface area (Å²) in [6.07, 6.45) is -0.995. The van der Waals surface area contributed by atoms with Crippen LogP contribution >= 0.6 is 6.19 Å². The van der Waals surface area contributed by atoms with Crippen molar-refractivity contribution >= 4 is 24.0 Å². The van der Waals surface area contributed by atoms with Crippen molar-refractivity contribution < 1.29 is 9.90 Å². The number of rotatable bonds is 5. The first-order valence-corrected chi connectivity index (χ1v) is 7.97. The molecule has 0 spiro atoms. The molecule has 0 aromatic heterocycles. The Morgan fingerprint density at radius 2 is 2.00 bits per heavy atom. The molecule has 78 valence electrons. The number of aliphatic carboxylic acids is 1. The monoisotopic (exact) mass is 223 g/mol. The van der Waals surface area contributed by atoms with Crippen molar-refractivity contribution in [1.82, 2.24) is 5.09 Å². The molecule has 0 rings (SSSR count). The molecule has 0 saturated heterocycles. The lowest BCUT2D eigenvalue weighted by atomic mass is 10.1. The highest BCUT2D eigenvalue weighted by molar-refractivity contribution is 8.13. The second-order valence-corrected chi connectivity index (χ2v) is 9.70. The maximum atomic E-state index is 10.8. The average Bonchev–Trinajstić information content (AvgIpc) is 1.81. The summed E-state index contributed by atoms with van der Waals surface area (Å²) in [6.45, 7) is 7.82. The summed E-state index contributed by atoms with van der Waals surface area (Å²) in [6, 6.07) is -0.485. The summed E-state index contributed by atoms with van der Waals surface area (Å²) in [7, 11) is 0. The van der Waals surface area contributed by atoms with Crippen molar-refractivity contribution in [2.75, 3.05) is 13.3 Å². The third-order valence-corrected chi connectivity index (χ3v) is 2.72. The van der Waals surface area contributed by atoms with Gasteiger partial charge in [-0.05, 0) is 25.7 Å². The highest BCUT2D eigenvalue weighted by Crippen LogP contribution is 2.32. The number of hydrogen-bond acceptors (Lipinski definition) is 2. The predicted molar refractivity (Wildman–Crippen MR) is 60.1 cm³/mol. The summed E-state index contributed by atoms with van der Waals surface area (Å²) in [5, 5.41) is 11.9. The van der Waals surface area contributed by atoms with E-state index in [1.807, 2.05) is 27.2 Å². The van der Waals surface area contributed by atoms with Crippen LogP contribution in [0.3, 0.4) is 0 Å². The second kappa shape index (κ2) is 5.08. The maximum Gasteiger partial charge on any atom is 0.321 e. The highest BCUT2D eigenvalue weighted by atomic mass is 32.4. The van der Waals surface area contributed by atoms with Gasteiger partial charge < -0.3 is 5.11 Å². The maximum absolute atomic E-state index is 10.8. The standard InChI is InChI=1S/C8H18NO2PS/c1-6(2)5-7(8(10)11)9-12(3,4)13/h6-7H,5H2,1-4H3,(H,9,13)(H,10,11)/t7-/m0/s1. The largest absolute Gasteiger partial charge is 0.480 e. The Bertz CT molecular complexity index is 224. The quantitative estimate of drug-likeness (QED) is 0.697. The molecule has 0 heterocycles. The summed E-state index contributed by atoms with van der Waals surface area (Å²) < 4.78 is 0. The van der Waals surface area contributed by atoms with Gasteiger partial charge in [-0.1, -0.05) is 25.7 Å². The van der Waals surface area contributed by atoms with E-state index in [-0.39, 0.29) is 0 Å². The predicted octanol–water partition coefficient (Wildman–Crippen LogP) is 1.73. The Labute approximate surface area is 85.0 Å². The minimum Gasteiger partial charge on any atom is -0.480 e. The van der Waals surface area contributed by atoms with Gasteiger partial charge in [0.25, 0.3) is 0 Å². The van der Waals surface area contributed by atoms with Crippen LogP contribution in [-0.4, -0.2) is 30.4 Å². The molecule has 0 saturated carbocycles. The number of carboxylic acid groups (broad SMARTS) is 1. The summed E-state index contributed by atoms with van der Waals surface area (Å²) in [4.78, 5) is 10.8. The van der Waals surface area contributed by atoms with E-state index in [0.29, 0.717) is 12.3 Å². The van der Waals surface area contributed by atoms with Gasteiger partial charge in [-0.3, -0.25) is 9.88 Å². The lowest BCUT2D eigenvalue weighted by Crippen LogP contribution is -2.35. The molecule has 0 aliphatic rings. The summed E-state index contributed by atoms with van der Waals surface area (Å²) >= 11 is 5.17. The molecule has 0 aromatic carbocycles. The number of carboxylic acids is 1. The first kappa shape index (κ1) is 13.1. The van der Waals surface area contributed by atoms with Crippen LogP contribution in [0.25, 0.3) is 0 Å². The molecule has 0 unspecified atom stereocenters. The van der Waals surface area contributed by atoms with Gasteiger partial charge in [0.05, 0.1) is 0 Å². The Balaban J connectivity index is 4.28. The van der Waals surface area contributed by atoms with Gasteiger partial charge in [0.15, 0.2) is 0 Å². The van der Waals surface area contributed by atoms with Gasteiger partial charge in [-0.2, -0.15) is 0 Å². The lowest BCUT2D eigenvalue weighted by molar-refractivity contribution is -0.139. The van der Waals surface area contributed by atoms with Crippen LogP contribution in [0.1, 0.15) is 20.3 Å². The zero-order chi connectivity index (χ0) is 10.6. The molecular weight excluding hydrogens is 205 g/mol. The van der Waals surface area contributed by atoms with Crippen LogP contribution in [0.15, 0.2) is 0 Å². The first-order valence-electron chi connectivity index (χ1n) is 4.28. The van der Waals surface area contributed by atoms with Crippen LogP contribution in [0, 0.1) is 5.92 Å². The van der Waals surface area contributed by atoms with E-state index >= 15 is 0 Å². The molecule has 0 fully saturated rings. The molecule has 5 heteroatoms. The minimum atomic E-state index is -1.63. The SMILES string of the molecule is CC(C)C[C@H](NP(C)(C)=S)C(=O)O. The van der Waals surface area contributed by atoms with Crippen LogP contribution < -0.4 is 5.09 Å². The van der Waals surface area contributed by atoms with Crippen molar-refractivity contribution in [1.29, 1.82) is 0 Å². The van der Waals surface area contributed by atoms with E-state index in [0.717, 1.165) is 0 Å². The zero-order valence-corrected chi connectivity index (χ0v) is 10.3. The average molecular weight is 223 g/mol. The fraction of sp³-hybridized carbons (Fsp3) is 0.875. The fourth-order valence-electron chi connectivity index (χ4n) is 1.06. The Hall–Kier alpha value is 0.0800. The Morgan fingerprint density at radius 1 is 1.54 bits per heavy atom. The van der Waals surface area contributed by atoms with Crippen molar-refractivity contribution in [2.24, 2.45) is 5.92 Å². The Kier molecular flexibility index (Phi) is 5.11. The number of carbonyl (C=O) groups is 1. The van der Waals surface area contributed by atoms with E-state index in [1.54, 1.807) is 0 Å². The number of hydrogen-bond donors (Lipinski definition) is 2. The Morgan fingerprint density at radius 3 is 2.23 bits per heavy atom. The molecular formula is C8H18NO2PS. The fourth-order valence-corrected chi connectivity index (χ4v) is 2.40. The highest BCUT2D eigenvalue weighted by Gasteiger charge is 2.21. The van der Waals surface area contributed by atoms with Crippen LogP contribution in [0.5, 0.6) is 0 Å². The molecule has 0 amide bonds. The van der Waals surface area contributed by atoms with Crippen molar-refractivity contribution in [3.8, 4) is 0 Å². The molecule has 1 atom stereocenters. The van der Waals surface area contributed by atoms with Crippen molar-refractivity contribution in [3.63, 3.8) is 0 Å². The topological polar surface area (TPSA) is 49.3 Å². The van der Waals surface area contributed by atoms with Crippen molar-refractivity contribution in [2.45, 2.75) is 26.3 Å². The van der Waals surface area contributed by atoms with Gasteiger partial charge >= 0.3 is 5.97 Å². The molecule has 0 aromatic rings.